The first-order chi connectivity index (χ1) is 22.2. The molecule has 0 aliphatic carbocycles. The molecule has 0 aromatic heterocycles. The standard InChI is InChI=1S/C26H44O21/c1-7-16(44-23-14(34)17(10(30)4-41-23)45-22-13(33)11(31)8(28)3-40-22)18(46-25-20(36)26(38,5-27)6-42-25)15(35)24(43-7)47-19-12(32)9(29)2-39-21(19)37/h7-25,27-38H,2-6H2,1H3/t7-,8+,9+,10-,11-,12-,13+,14+,15+,16-,17-,18-,19+,20-,21+,22-,23-,24-,25-,26+/m0/s1. The van der Waals surface area contributed by atoms with Crippen LogP contribution in [0.5, 0.6) is 0 Å². The van der Waals surface area contributed by atoms with E-state index in [1.54, 1.807) is 0 Å². The Bertz CT molecular complexity index is 1010. The number of aliphatic hydroxyl groups is 12. The predicted molar refractivity (Wildman–Crippen MR) is 141 cm³/mol. The van der Waals surface area contributed by atoms with Crippen molar-refractivity contribution in [3.05, 3.63) is 0 Å². The third-order valence-electron chi connectivity index (χ3n) is 8.83. The van der Waals surface area contributed by atoms with Crippen molar-refractivity contribution in [2.24, 2.45) is 0 Å². The van der Waals surface area contributed by atoms with Crippen LogP contribution in [0.2, 0.25) is 0 Å². The van der Waals surface area contributed by atoms with Crippen LogP contribution in [-0.4, -0.2) is 217 Å². The summed E-state index contributed by atoms with van der Waals surface area (Å²) in [7, 11) is 0. The van der Waals surface area contributed by atoms with Crippen LogP contribution in [0.3, 0.4) is 0 Å². The summed E-state index contributed by atoms with van der Waals surface area (Å²) >= 11 is 0. The summed E-state index contributed by atoms with van der Waals surface area (Å²) in [5, 5.41) is 124. The Balaban J connectivity index is 1.34. The quantitative estimate of drug-likeness (QED) is 0.107. The summed E-state index contributed by atoms with van der Waals surface area (Å²) in [6.45, 7) is -1.38. The van der Waals surface area contributed by atoms with Gasteiger partial charge >= 0.3 is 0 Å². The van der Waals surface area contributed by atoms with Gasteiger partial charge in [-0.3, -0.25) is 0 Å². The van der Waals surface area contributed by atoms with Crippen molar-refractivity contribution in [3.63, 3.8) is 0 Å². The van der Waals surface area contributed by atoms with Gasteiger partial charge in [-0.1, -0.05) is 0 Å². The van der Waals surface area contributed by atoms with Crippen LogP contribution in [0, 0.1) is 0 Å². The molecule has 21 heteroatoms. The first-order valence-corrected chi connectivity index (χ1v) is 15.0. The van der Waals surface area contributed by atoms with E-state index in [1.165, 1.54) is 6.92 Å². The van der Waals surface area contributed by atoms with E-state index in [-0.39, 0.29) is 0 Å². The van der Waals surface area contributed by atoms with Crippen LogP contribution in [0.1, 0.15) is 6.92 Å². The lowest BCUT2D eigenvalue weighted by atomic mass is 9.97. The van der Waals surface area contributed by atoms with Gasteiger partial charge in [-0.05, 0) is 6.92 Å². The van der Waals surface area contributed by atoms with Gasteiger partial charge in [-0.15, -0.1) is 0 Å². The molecular formula is C26H44O21. The van der Waals surface area contributed by atoms with Crippen LogP contribution < -0.4 is 0 Å². The Hall–Kier alpha value is -0.840. The van der Waals surface area contributed by atoms with Crippen molar-refractivity contribution >= 4 is 0 Å². The third kappa shape index (κ3) is 7.61. The molecule has 0 saturated carbocycles. The maximum absolute atomic E-state index is 11.4. The minimum atomic E-state index is -2.12. The molecule has 0 aromatic rings. The lowest BCUT2D eigenvalue weighted by molar-refractivity contribution is -0.385. The monoisotopic (exact) mass is 692 g/mol. The highest BCUT2D eigenvalue weighted by atomic mass is 16.8. The van der Waals surface area contributed by atoms with E-state index in [2.05, 4.69) is 0 Å². The minimum absolute atomic E-state index is 0.406. The molecule has 0 aromatic carbocycles. The van der Waals surface area contributed by atoms with Gasteiger partial charge in [0, 0.05) is 0 Å². The summed E-state index contributed by atoms with van der Waals surface area (Å²) in [4.78, 5) is 0. The molecule has 5 aliphatic heterocycles. The third-order valence-corrected chi connectivity index (χ3v) is 8.83. The molecule has 5 rings (SSSR count). The summed E-state index contributed by atoms with van der Waals surface area (Å²) < 4.78 is 49.7. The number of hydrogen-bond donors (Lipinski definition) is 12. The van der Waals surface area contributed by atoms with Gasteiger partial charge in [0.2, 0.25) is 0 Å². The molecule has 0 unspecified atom stereocenters. The van der Waals surface area contributed by atoms with Gasteiger partial charge in [0.15, 0.2) is 31.5 Å². The average Bonchev–Trinajstić information content (AvgIpc) is 3.33. The Kier molecular flexibility index (Phi) is 12.1. The number of ether oxygens (including phenoxy) is 9. The minimum Gasteiger partial charge on any atom is -0.393 e. The summed E-state index contributed by atoms with van der Waals surface area (Å²) in [6, 6.07) is 0. The summed E-state index contributed by atoms with van der Waals surface area (Å²) in [6.07, 6.45) is -30.7. The van der Waals surface area contributed by atoms with Crippen molar-refractivity contribution in [1.82, 2.24) is 0 Å². The van der Waals surface area contributed by atoms with Gasteiger partial charge in [0.1, 0.15) is 85.0 Å². The zero-order valence-electron chi connectivity index (χ0n) is 25.0. The maximum atomic E-state index is 11.4. The first kappa shape index (κ1) is 37.4. The largest absolute Gasteiger partial charge is 0.393 e. The number of hydrogen-bond acceptors (Lipinski definition) is 21. The van der Waals surface area contributed by atoms with E-state index < -0.39 is 156 Å². The lowest BCUT2D eigenvalue weighted by Gasteiger charge is -2.48. The van der Waals surface area contributed by atoms with Crippen molar-refractivity contribution in [1.29, 1.82) is 0 Å². The molecule has 274 valence electrons. The highest BCUT2D eigenvalue weighted by molar-refractivity contribution is 4.98. The van der Waals surface area contributed by atoms with Crippen LogP contribution >= 0.6 is 0 Å². The Labute approximate surface area is 266 Å². The molecule has 5 fully saturated rings. The highest BCUT2D eigenvalue weighted by Crippen LogP contribution is 2.35. The number of rotatable bonds is 9. The molecule has 21 nitrogen and oxygen atoms in total. The van der Waals surface area contributed by atoms with Crippen LogP contribution in [0.25, 0.3) is 0 Å². The first-order valence-electron chi connectivity index (χ1n) is 15.0. The van der Waals surface area contributed by atoms with Crippen LogP contribution in [0.15, 0.2) is 0 Å². The topological polar surface area (TPSA) is 326 Å². The van der Waals surface area contributed by atoms with E-state index in [0.717, 1.165) is 0 Å². The van der Waals surface area contributed by atoms with Gasteiger partial charge in [-0.2, -0.15) is 0 Å². The molecular weight excluding hydrogens is 648 g/mol. The molecule has 0 bridgehead atoms. The van der Waals surface area contributed by atoms with Crippen LogP contribution in [0.4, 0.5) is 0 Å². The maximum Gasteiger partial charge on any atom is 0.187 e. The van der Waals surface area contributed by atoms with E-state index >= 15 is 0 Å². The molecule has 0 radical (unpaired) electrons. The second-order valence-electron chi connectivity index (χ2n) is 12.3. The molecule has 0 spiro atoms. The van der Waals surface area contributed by atoms with Crippen molar-refractivity contribution in [3.8, 4) is 0 Å². The molecule has 47 heavy (non-hydrogen) atoms. The van der Waals surface area contributed by atoms with E-state index in [9.17, 15) is 61.3 Å². The lowest BCUT2D eigenvalue weighted by Crippen LogP contribution is -2.65. The zero-order chi connectivity index (χ0) is 34.4. The predicted octanol–water partition coefficient (Wildman–Crippen LogP) is -8.34. The highest BCUT2D eigenvalue weighted by Gasteiger charge is 2.56. The Morgan fingerprint density at radius 2 is 1.09 bits per heavy atom. The van der Waals surface area contributed by atoms with Crippen molar-refractivity contribution in [2.45, 2.75) is 129 Å². The molecule has 5 saturated heterocycles. The summed E-state index contributed by atoms with van der Waals surface area (Å²) in [5.74, 6) is 0. The van der Waals surface area contributed by atoms with Crippen molar-refractivity contribution in [2.75, 3.05) is 33.0 Å². The molecule has 12 N–H and O–H groups in total. The van der Waals surface area contributed by atoms with Gasteiger partial charge < -0.3 is 104 Å². The van der Waals surface area contributed by atoms with Gasteiger partial charge in [0.05, 0.1) is 39.1 Å². The smallest absolute Gasteiger partial charge is 0.187 e. The molecule has 5 aliphatic rings. The van der Waals surface area contributed by atoms with Gasteiger partial charge in [0.25, 0.3) is 0 Å². The van der Waals surface area contributed by atoms with Gasteiger partial charge in [-0.25, -0.2) is 0 Å². The fourth-order valence-electron chi connectivity index (χ4n) is 5.86. The molecule has 20 atom stereocenters. The number of aliphatic hydroxyl groups excluding tert-OH is 11. The second-order valence-corrected chi connectivity index (χ2v) is 12.3. The summed E-state index contributed by atoms with van der Waals surface area (Å²) in [5.41, 5.74) is -2.12. The van der Waals surface area contributed by atoms with Crippen LogP contribution in [-0.2, 0) is 42.6 Å². The second kappa shape index (κ2) is 15.2. The SMILES string of the molecule is C[C@@H]1O[C@@H](O[C@@H]2[C@@H](O)[C@H](O)CO[C@H]2O)[C@H](O)[C@H](O[C@@H]2OC[C@](O)(CO)[C@H]2O)[C@H]1O[C@@H]1OC[C@H](O)[C@H](O[C@@H]2OC[C@@H](O)[C@H](O)[C@H]2O)[C@H]1O. The molecule has 5 heterocycles. The molecule has 0 amide bonds. The average molecular weight is 693 g/mol. The van der Waals surface area contributed by atoms with E-state index in [0.29, 0.717) is 0 Å². The Morgan fingerprint density at radius 1 is 0.553 bits per heavy atom. The van der Waals surface area contributed by atoms with Crippen molar-refractivity contribution < 1.29 is 104 Å². The Morgan fingerprint density at radius 3 is 1.74 bits per heavy atom. The fourth-order valence-corrected chi connectivity index (χ4v) is 5.86. The normalized spacial score (nSPS) is 54.4. The van der Waals surface area contributed by atoms with E-state index in [4.69, 9.17) is 42.6 Å². The fraction of sp³-hybridized carbons (Fsp3) is 1.00. The van der Waals surface area contributed by atoms with E-state index in [1.807, 2.05) is 0 Å². The zero-order valence-corrected chi connectivity index (χ0v) is 25.0.